The molecule has 0 unspecified atom stereocenters. The van der Waals surface area contributed by atoms with Crippen molar-refractivity contribution in [2.75, 3.05) is 21.3 Å². The van der Waals surface area contributed by atoms with Gasteiger partial charge in [0.25, 0.3) is 5.69 Å². The average Bonchev–Trinajstić information content (AvgIpc) is 2.65. The highest BCUT2D eigenvalue weighted by molar-refractivity contribution is 5.89. The van der Waals surface area contributed by atoms with E-state index in [0.717, 1.165) is 0 Å². The molecule has 26 heavy (non-hydrogen) atoms. The van der Waals surface area contributed by atoms with Gasteiger partial charge in [-0.05, 0) is 23.8 Å². The highest BCUT2D eigenvalue weighted by atomic mass is 16.6. The van der Waals surface area contributed by atoms with E-state index in [1.165, 1.54) is 69.9 Å². The average molecular weight is 359 g/mol. The number of nitrogens with zero attached hydrogens (tertiary/aromatic N) is 1. The van der Waals surface area contributed by atoms with Crippen molar-refractivity contribution >= 4 is 17.7 Å². The van der Waals surface area contributed by atoms with E-state index in [4.69, 9.17) is 18.9 Å². The molecule has 0 aliphatic heterocycles. The van der Waals surface area contributed by atoms with Crippen LogP contribution in [0, 0.1) is 10.1 Å². The molecule has 0 amide bonds. The number of hydrogen-bond donors (Lipinski definition) is 0. The van der Waals surface area contributed by atoms with E-state index in [9.17, 15) is 14.9 Å². The Morgan fingerprint density at radius 1 is 1.00 bits per heavy atom. The normalized spacial score (nSPS) is 10.4. The monoisotopic (exact) mass is 359 g/mol. The van der Waals surface area contributed by atoms with Gasteiger partial charge >= 0.3 is 5.97 Å². The summed E-state index contributed by atoms with van der Waals surface area (Å²) in [5.41, 5.74) is 0.597. The van der Waals surface area contributed by atoms with E-state index in [1.54, 1.807) is 0 Å². The number of benzene rings is 2. The Kier molecular flexibility index (Phi) is 6.15. The van der Waals surface area contributed by atoms with Crippen LogP contribution in [0.15, 0.2) is 42.5 Å². The summed E-state index contributed by atoms with van der Waals surface area (Å²) in [5.74, 6) is 0.690. The van der Waals surface area contributed by atoms with Crippen molar-refractivity contribution in [2.24, 2.45) is 0 Å². The third-order valence-electron chi connectivity index (χ3n) is 3.37. The third-order valence-corrected chi connectivity index (χ3v) is 3.37. The van der Waals surface area contributed by atoms with Gasteiger partial charge in [-0.15, -0.1) is 0 Å². The number of hydrogen-bond acceptors (Lipinski definition) is 7. The second-order valence-corrected chi connectivity index (χ2v) is 4.96. The lowest BCUT2D eigenvalue weighted by Gasteiger charge is -2.13. The topological polar surface area (TPSA) is 97.1 Å². The first-order valence-corrected chi connectivity index (χ1v) is 7.42. The van der Waals surface area contributed by atoms with Gasteiger partial charge in [-0.3, -0.25) is 10.1 Å². The number of rotatable bonds is 7. The number of non-ortho nitro benzene ring substituents is 1. The zero-order valence-electron chi connectivity index (χ0n) is 14.4. The molecule has 0 bridgehead atoms. The summed E-state index contributed by atoms with van der Waals surface area (Å²) < 4.78 is 20.8. The Labute approximate surface area is 149 Å². The van der Waals surface area contributed by atoms with Gasteiger partial charge in [0.2, 0.25) is 5.75 Å². The molecule has 0 aliphatic carbocycles. The summed E-state index contributed by atoms with van der Waals surface area (Å²) in [4.78, 5) is 22.1. The number of nitro benzene ring substituents is 1. The first-order valence-electron chi connectivity index (χ1n) is 7.42. The molecule has 2 rings (SSSR count). The van der Waals surface area contributed by atoms with Crippen molar-refractivity contribution in [1.82, 2.24) is 0 Å². The Morgan fingerprint density at radius 3 is 2.04 bits per heavy atom. The van der Waals surface area contributed by atoms with Crippen molar-refractivity contribution in [2.45, 2.75) is 0 Å². The molecular formula is C18H17NO7. The van der Waals surface area contributed by atoms with Gasteiger partial charge in [0.1, 0.15) is 5.75 Å². The summed E-state index contributed by atoms with van der Waals surface area (Å²) >= 11 is 0. The van der Waals surface area contributed by atoms with Gasteiger partial charge in [0, 0.05) is 30.3 Å². The first-order chi connectivity index (χ1) is 12.5. The molecule has 0 radical (unpaired) electrons. The zero-order valence-corrected chi connectivity index (χ0v) is 14.4. The van der Waals surface area contributed by atoms with Crippen molar-refractivity contribution in [1.29, 1.82) is 0 Å². The number of carbonyl (C=O) groups is 1. The van der Waals surface area contributed by atoms with Crippen LogP contribution in [0.1, 0.15) is 5.56 Å². The van der Waals surface area contributed by atoms with Crippen LogP contribution in [-0.4, -0.2) is 32.2 Å². The molecule has 0 N–H and O–H groups in total. The van der Waals surface area contributed by atoms with Crippen LogP contribution in [0.4, 0.5) is 5.69 Å². The van der Waals surface area contributed by atoms with E-state index in [2.05, 4.69) is 0 Å². The van der Waals surface area contributed by atoms with Crippen LogP contribution in [0.3, 0.4) is 0 Å². The Morgan fingerprint density at radius 2 is 1.58 bits per heavy atom. The summed E-state index contributed by atoms with van der Waals surface area (Å²) in [6.07, 6.45) is 2.70. The summed E-state index contributed by atoms with van der Waals surface area (Å²) in [6, 6.07) is 8.76. The largest absolute Gasteiger partial charge is 0.493 e. The van der Waals surface area contributed by atoms with Gasteiger partial charge in [-0.1, -0.05) is 0 Å². The second-order valence-electron chi connectivity index (χ2n) is 4.96. The number of ether oxygens (including phenoxy) is 4. The van der Waals surface area contributed by atoms with Crippen LogP contribution in [-0.2, 0) is 4.79 Å². The highest BCUT2D eigenvalue weighted by Gasteiger charge is 2.15. The highest BCUT2D eigenvalue weighted by Crippen LogP contribution is 2.40. The van der Waals surface area contributed by atoms with Crippen molar-refractivity contribution in [3.05, 3.63) is 58.2 Å². The summed E-state index contributed by atoms with van der Waals surface area (Å²) in [6.45, 7) is 0. The quantitative estimate of drug-likeness (QED) is 0.246. The summed E-state index contributed by atoms with van der Waals surface area (Å²) in [7, 11) is 4.38. The lowest BCUT2D eigenvalue weighted by atomic mass is 10.2. The molecule has 0 aromatic heterocycles. The first kappa shape index (κ1) is 18.8. The molecule has 2 aromatic rings. The van der Waals surface area contributed by atoms with Crippen LogP contribution in [0.25, 0.3) is 6.08 Å². The third kappa shape index (κ3) is 4.50. The van der Waals surface area contributed by atoms with Gasteiger partial charge in [-0.2, -0.15) is 0 Å². The zero-order chi connectivity index (χ0) is 19.1. The number of nitro groups is 1. The fourth-order valence-electron chi connectivity index (χ4n) is 2.14. The maximum Gasteiger partial charge on any atom is 0.336 e. The molecule has 136 valence electrons. The van der Waals surface area contributed by atoms with E-state index < -0.39 is 10.9 Å². The standard InChI is InChI=1S/C18H17NO7/c1-23-15-10-14(11-16(24-2)18(15)25-3)26-17(20)9-6-12-4-7-13(8-5-12)19(21)22/h4-11H,1-3H3/b9-6+. The molecule has 2 aromatic carbocycles. The predicted molar refractivity (Wildman–Crippen MR) is 93.9 cm³/mol. The lowest BCUT2D eigenvalue weighted by Crippen LogP contribution is -2.05. The smallest absolute Gasteiger partial charge is 0.336 e. The molecule has 8 heteroatoms. The van der Waals surface area contributed by atoms with Crippen molar-refractivity contribution in [3.8, 4) is 23.0 Å². The van der Waals surface area contributed by atoms with Gasteiger partial charge in [0.15, 0.2) is 11.5 Å². The molecule has 0 saturated carbocycles. The fraction of sp³-hybridized carbons (Fsp3) is 0.167. The molecule has 0 heterocycles. The fourth-order valence-corrected chi connectivity index (χ4v) is 2.14. The molecule has 8 nitrogen and oxygen atoms in total. The van der Waals surface area contributed by atoms with Crippen LogP contribution in [0.2, 0.25) is 0 Å². The molecule has 0 fully saturated rings. The van der Waals surface area contributed by atoms with Gasteiger partial charge in [-0.25, -0.2) is 4.79 Å². The Balaban J connectivity index is 2.13. The maximum absolute atomic E-state index is 12.0. The molecule has 0 spiro atoms. The lowest BCUT2D eigenvalue weighted by molar-refractivity contribution is -0.384. The molecule has 0 atom stereocenters. The van der Waals surface area contributed by atoms with E-state index in [0.29, 0.717) is 22.8 Å². The van der Waals surface area contributed by atoms with Crippen LogP contribution >= 0.6 is 0 Å². The van der Waals surface area contributed by atoms with Gasteiger partial charge in [0.05, 0.1) is 26.3 Å². The van der Waals surface area contributed by atoms with Crippen molar-refractivity contribution in [3.63, 3.8) is 0 Å². The van der Waals surface area contributed by atoms with Crippen molar-refractivity contribution < 1.29 is 28.7 Å². The minimum Gasteiger partial charge on any atom is -0.493 e. The van der Waals surface area contributed by atoms with Crippen LogP contribution in [0.5, 0.6) is 23.0 Å². The van der Waals surface area contributed by atoms with Gasteiger partial charge < -0.3 is 18.9 Å². The molecule has 0 aliphatic rings. The number of methoxy groups -OCH3 is 3. The SMILES string of the molecule is COc1cc(OC(=O)/C=C/c2ccc([N+](=O)[O-])cc2)cc(OC)c1OC. The maximum atomic E-state index is 12.0. The minimum atomic E-state index is -0.627. The Hall–Kier alpha value is -3.55. The molecule has 0 saturated heterocycles. The minimum absolute atomic E-state index is 0.0258. The molecular weight excluding hydrogens is 342 g/mol. The number of esters is 1. The van der Waals surface area contributed by atoms with E-state index in [-0.39, 0.29) is 11.4 Å². The van der Waals surface area contributed by atoms with Crippen LogP contribution < -0.4 is 18.9 Å². The predicted octanol–water partition coefficient (Wildman–Crippen LogP) is 3.24. The number of carbonyl (C=O) groups excluding carboxylic acids is 1. The van der Waals surface area contributed by atoms with E-state index >= 15 is 0 Å². The van der Waals surface area contributed by atoms with E-state index in [1.807, 2.05) is 0 Å². The summed E-state index contributed by atoms with van der Waals surface area (Å²) in [5, 5.41) is 10.6. The Bertz CT molecular complexity index is 803. The second kappa shape index (κ2) is 8.52.